The molecule has 9 fully saturated rings. The molecule has 0 spiro atoms. The van der Waals surface area contributed by atoms with Crippen LogP contribution in [-0.4, -0.2) is 500 Å². The molecule has 9 heterocycles. The zero-order valence-corrected chi connectivity index (χ0v) is 61.9. The molecule has 115 heavy (non-hydrogen) atoms. The Labute approximate surface area is 651 Å². The summed E-state index contributed by atoms with van der Waals surface area (Å²) in [5, 5.41) is 287. The molecule has 0 unspecified atom stereocenters. The topological polar surface area (TPSA) is 788 Å². The second-order valence-electron chi connectivity index (χ2n) is 28.8. The van der Waals surface area contributed by atoms with E-state index in [1.54, 1.807) is 0 Å². The average molecular weight is 1690 g/mol. The molecule has 4 amide bonds. The summed E-state index contributed by atoms with van der Waals surface area (Å²) in [6.07, 6.45) is -85.5. The van der Waals surface area contributed by atoms with E-state index in [0.29, 0.717) is 0 Å². The van der Waals surface area contributed by atoms with Crippen molar-refractivity contribution in [3.8, 4) is 0 Å². The number of hydrogen-bond donors (Lipinski definition) is 29. The number of ether oxygens (including phenoxy) is 18. The zero-order valence-electron chi connectivity index (χ0n) is 61.9. The Bertz CT molecular complexity index is 3010. The summed E-state index contributed by atoms with van der Waals surface area (Å²) in [7, 11) is 0. The lowest BCUT2D eigenvalue weighted by atomic mass is 9.93. The third-order valence-corrected chi connectivity index (χ3v) is 20.9. The highest BCUT2D eigenvalue weighted by molar-refractivity contribution is 5.74. The van der Waals surface area contributed by atoms with Crippen LogP contribution in [0.1, 0.15) is 27.7 Å². The van der Waals surface area contributed by atoms with Crippen LogP contribution < -0.4 is 21.3 Å². The molecule has 51 heteroatoms. The Hall–Kier alpha value is -3.84. The van der Waals surface area contributed by atoms with Gasteiger partial charge in [0.25, 0.3) is 0 Å². The first-order valence-electron chi connectivity index (χ1n) is 36.7. The van der Waals surface area contributed by atoms with Gasteiger partial charge in [-0.25, -0.2) is 0 Å². The maximum Gasteiger partial charge on any atom is 0.217 e. The third-order valence-electron chi connectivity index (χ3n) is 20.9. The van der Waals surface area contributed by atoms with Gasteiger partial charge in [0.05, 0.1) is 78.2 Å². The number of aliphatic hydroxyl groups excluding tert-OH is 25. The minimum atomic E-state index is -2.41. The van der Waals surface area contributed by atoms with Crippen LogP contribution in [0.3, 0.4) is 0 Å². The summed E-state index contributed by atoms with van der Waals surface area (Å²) in [5.74, 6) is -2.88. The van der Waals surface area contributed by atoms with Gasteiger partial charge in [-0.1, -0.05) is 0 Å². The fourth-order valence-corrected chi connectivity index (χ4v) is 14.7. The van der Waals surface area contributed by atoms with Crippen molar-refractivity contribution >= 4 is 24.1 Å². The van der Waals surface area contributed by atoms with E-state index < -0.39 is 366 Å². The first-order valence-corrected chi connectivity index (χ1v) is 36.7. The molecule has 9 rings (SSSR count). The van der Waals surface area contributed by atoms with Gasteiger partial charge in [0, 0.05) is 20.8 Å². The predicted octanol–water partition coefficient (Wildman–Crippen LogP) is -20.0. The number of amides is 4. The maximum absolute atomic E-state index is 13.2. The Balaban J connectivity index is 0.958. The Kier molecular flexibility index (Phi) is 34.9. The van der Waals surface area contributed by atoms with E-state index in [2.05, 4.69) is 21.3 Å². The smallest absolute Gasteiger partial charge is 0.217 e. The van der Waals surface area contributed by atoms with Crippen LogP contribution in [-0.2, 0) is 104 Å². The average Bonchev–Trinajstić information content (AvgIpc) is 0.764. The van der Waals surface area contributed by atoms with E-state index in [0.717, 1.165) is 20.8 Å². The standard InChI is InChI=1S/C64H108N4O47/c1-16-32(82)40(90)43(93)60(99-16)115-55-54(114-58-31(68-19(4)81)51(34(84)22(7-71)100-58)111-61-44(94)41(91)33(83)21(6-70)101-61)37(87)25(10-74)104-64(55)110-49-27(12-76)106-57(30(39(49)89)67-18(3)80)112-52-35(85)23(8-72)102-62(46(52)96)108-48-26(11-75)105-56(29(38(48)88)66-17(2)79)113-53-36(86)24(9-73)103-63(47(53)97)109-50-28(13-77)107-59(45(95)42(50)92)98-14-20(5-69)65-15-78/h15-16,20-64,69-77,82-97H,5-14H2,1-4H3,(H,65,78)(H,66,79)(H,67,80)(H,68,81)/t16-,20+,21+,22+,23+,24+,25+,26+,27+,28+,29+,30+,31+,32+,33-,34-,35-,36-,37-,38+,39+,40+,41-,42+,43-,44+,45+,46+,47+,48+,49+,50+,51+,52-,53-,54-,55+,56-,57-,58+,59+,60-,61-,62-,63-,64-/m0/s1. The molecule has 29 N–H and O–H groups in total. The van der Waals surface area contributed by atoms with E-state index in [1.165, 1.54) is 6.92 Å². The molecule has 9 aliphatic rings. The van der Waals surface area contributed by atoms with Gasteiger partial charge in [-0.2, -0.15) is 0 Å². The van der Waals surface area contributed by atoms with Gasteiger partial charge in [0.1, 0.15) is 213 Å². The summed E-state index contributed by atoms with van der Waals surface area (Å²) in [6, 6.07) is -6.87. The van der Waals surface area contributed by atoms with Crippen LogP contribution >= 0.6 is 0 Å². The fraction of sp³-hybridized carbons (Fsp3) is 0.938. The van der Waals surface area contributed by atoms with Crippen molar-refractivity contribution in [1.29, 1.82) is 0 Å². The lowest BCUT2D eigenvalue weighted by Gasteiger charge is -2.52. The Morgan fingerprint density at radius 3 is 1.02 bits per heavy atom. The lowest BCUT2D eigenvalue weighted by Crippen LogP contribution is -2.71. The zero-order chi connectivity index (χ0) is 84.6. The molecule has 9 saturated heterocycles. The van der Waals surface area contributed by atoms with Crippen molar-refractivity contribution in [3.63, 3.8) is 0 Å². The molecule has 0 bridgehead atoms. The number of aliphatic hydroxyl groups is 25. The number of carbonyl (C=O) groups is 4. The summed E-state index contributed by atoms with van der Waals surface area (Å²) < 4.78 is 107. The monoisotopic (exact) mass is 1680 g/mol. The molecule has 0 aromatic carbocycles. The molecule has 0 saturated carbocycles. The minimum Gasteiger partial charge on any atom is -0.394 e. The minimum absolute atomic E-state index is 0.254. The van der Waals surface area contributed by atoms with Crippen molar-refractivity contribution in [1.82, 2.24) is 21.3 Å². The van der Waals surface area contributed by atoms with E-state index in [4.69, 9.17) is 85.3 Å². The van der Waals surface area contributed by atoms with Crippen molar-refractivity contribution in [2.45, 2.75) is 310 Å². The SMILES string of the molecule is CC(=O)N[C@H]1[C@H](O[C@H]2[C@@H](O)[C@@H](CO)O[C@@H](O[C@H]3[C@H](O)[C@@H](O)[C@H](OC[C@@H](CO)NC=O)O[C@@H]3CO)[C@@H]2O)O[C@H](CO)[C@@H](O[C@@H]2O[C@H](CO)[C@H](O)[C@H](O[C@@H]3O[C@H](CO)[C@@H](O[C@@H]4O[C@H](CO)[C@H](O)[C@H](O[C@H]5O[C@H](CO)[C@H](O)[C@H](O[C@@H]6O[C@H](CO)[C@H](O)[C@H](O)[C@H]6O)[C@H]5NC(C)=O)[C@H]4O[C@@H]4O[C@@H](C)[C@@H](O)[C@@H](O)[C@@H]4O)[C@H](O)[C@H]3NC(C)=O)[C@H]2O)[C@@H]1O. The molecular formula is C64H108N4O47. The van der Waals surface area contributed by atoms with Crippen molar-refractivity contribution in [2.75, 3.05) is 66.1 Å². The molecule has 46 atom stereocenters. The molecule has 0 aliphatic carbocycles. The van der Waals surface area contributed by atoms with Gasteiger partial charge >= 0.3 is 0 Å². The van der Waals surface area contributed by atoms with Crippen LogP contribution in [0, 0.1) is 0 Å². The summed E-state index contributed by atoms with van der Waals surface area (Å²) >= 11 is 0. The number of carbonyl (C=O) groups excluding carboxylic acids is 4. The molecule has 0 radical (unpaired) electrons. The molecule has 9 aliphatic heterocycles. The van der Waals surface area contributed by atoms with Crippen LogP contribution in [0.15, 0.2) is 0 Å². The van der Waals surface area contributed by atoms with Crippen LogP contribution in [0.25, 0.3) is 0 Å². The quantitative estimate of drug-likeness (QED) is 0.0271. The van der Waals surface area contributed by atoms with Gasteiger partial charge in [-0.3, -0.25) is 19.2 Å². The highest BCUT2D eigenvalue weighted by Crippen LogP contribution is 2.41. The van der Waals surface area contributed by atoms with E-state index >= 15 is 0 Å². The summed E-state index contributed by atoms with van der Waals surface area (Å²) in [5.41, 5.74) is 0. The van der Waals surface area contributed by atoms with Gasteiger partial charge in [-0.15, -0.1) is 0 Å². The van der Waals surface area contributed by atoms with E-state index in [-0.39, 0.29) is 6.41 Å². The van der Waals surface area contributed by atoms with Gasteiger partial charge in [-0.05, 0) is 6.92 Å². The van der Waals surface area contributed by atoms with Crippen molar-refractivity contribution in [3.05, 3.63) is 0 Å². The number of hydrogen-bond acceptors (Lipinski definition) is 47. The second kappa shape index (κ2) is 42.3. The number of nitrogens with one attached hydrogen (secondary N) is 4. The highest BCUT2D eigenvalue weighted by Gasteiger charge is 2.62. The summed E-state index contributed by atoms with van der Waals surface area (Å²) in [4.78, 5) is 50.2. The first-order chi connectivity index (χ1) is 54.6. The molecular weight excluding hydrogens is 1580 g/mol. The Morgan fingerprint density at radius 2 is 0.591 bits per heavy atom. The fourth-order valence-electron chi connectivity index (χ4n) is 14.7. The van der Waals surface area contributed by atoms with Crippen LogP contribution in [0.5, 0.6) is 0 Å². The number of rotatable bonds is 33. The van der Waals surface area contributed by atoms with Crippen LogP contribution in [0.4, 0.5) is 0 Å². The van der Waals surface area contributed by atoms with Gasteiger partial charge < -0.3 is 234 Å². The van der Waals surface area contributed by atoms with Gasteiger partial charge in [0.15, 0.2) is 56.6 Å². The van der Waals surface area contributed by atoms with Gasteiger partial charge in [0.2, 0.25) is 24.1 Å². The van der Waals surface area contributed by atoms with Crippen molar-refractivity contribution in [2.24, 2.45) is 0 Å². The van der Waals surface area contributed by atoms with Crippen molar-refractivity contribution < 1.29 is 232 Å². The normalized spacial score (nSPS) is 48.2. The molecule has 51 nitrogen and oxygen atoms in total. The second-order valence-corrected chi connectivity index (χ2v) is 28.8. The van der Waals surface area contributed by atoms with E-state index in [9.17, 15) is 147 Å². The lowest BCUT2D eigenvalue weighted by molar-refractivity contribution is -0.404. The predicted molar refractivity (Wildman–Crippen MR) is 354 cm³/mol. The highest BCUT2D eigenvalue weighted by atomic mass is 16.8. The third kappa shape index (κ3) is 21.3. The first kappa shape index (κ1) is 95.0. The summed E-state index contributed by atoms with van der Waals surface area (Å²) in [6.45, 7) is -5.93. The largest absolute Gasteiger partial charge is 0.394 e. The molecule has 0 aromatic rings. The van der Waals surface area contributed by atoms with E-state index in [1.807, 2.05) is 0 Å². The molecule has 666 valence electrons. The van der Waals surface area contributed by atoms with Crippen LogP contribution in [0.2, 0.25) is 0 Å². The Morgan fingerprint density at radius 1 is 0.296 bits per heavy atom. The molecule has 0 aromatic heterocycles. The maximum atomic E-state index is 13.2.